The van der Waals surface area contributed by atoms with Crippen LogP contribution in [0.4, 0.5) is 10.8 Å². The van der Waals surface area contributed by atoms with Gasteiger partial charge in [-0.15, -0.1) is 0 Å². The van der Waals surface area contributed by atoms with Crippen LogP contribution in [0, 0.1) is 13.8 Å². The molecule has 0 saturated carbocycles. The normalized spacial score (nSPS) is 11.5. The van der Waals surface area contributed by atoms with E-state index in [9.17, 15) is 4.79 Å². The molecule has 1 aromatic heterocycles. The van der Waals surface area contributed by atoms with Crippen molar-refractivity contribution in [3.63, 3.8) is 0 Å². The van der Waals surface area contributed by atoms with Gasteiger partial charge in [0.05, 0.1) is 24.4 Å². The van der Waals surface area contributed by atoms with Gasteiger partial charge in [-0.3, -0.25) is 10.2 Å². The van der Waals surface area contributed by atoms with E-state index in [-0.39, 0.29) is 5.91 Å². The molecule has 8 heteroatoms. The summed E-state index contributed by atoms with van der Waals surface area (Å²) >= 11 is 1.52. The van der Waals surface area contributed by atoms with E-state index in [4.69, 9.17) is 9.47 Å². The van der Waals surface area contributed by atoms with Gasteiger partial charge in [0.15, 0.2) is 11.5 Å². The number of hydrogen-bond donors (Lipinski definition) is 2. The second-order valence-electron chi connectivity index (χ2n) is 6.90. The molecule has 0 aliphatic carbocycles. The highest BCUT2D eigenvalue weighted by Gasteiger charge is 2.16. The van der Waals surface area contributed by atoms with Gasteiger partial charge in [0.25, 0.3) is 5.91 Å². The minimum Gasteiger partial charge on any atom is -0.493 e. The minimum atomic E-state index is -0.215. The smallest absolute Gasteiger partial charge is 0.255 e. The molecule has 0 radical (unpaired) electrons. The van der Waals surface area contributed by atoms with Crippen LogP contribution in [0.5, 0.6) is 11.5 Å². The Morgan fingerprint density at radius 2 is 1.90 bits per heavy atom. The van der Waals surface area contributed by atoms with Gasteiger partial charge < -0.3 is 14.8 Å². The van der Waals surface area contributed by atoms with E-state index in [0.717, 1.165) is 44.3 Å². The van der Waals surface area contributed by atoms with Crippen molar-refractivity contribution >= 4 is 44.0 Å². The van der Waals surface area contributed by atoms with Gasteiger partial charge >= 0.3 is 0 Å². The molecule has 0 aliphatic rings. The summed E-state index contributed by atoms with van der Waals surface area (Å²) in [6.07, 6.45) is 0.877. The molecule has 0 fully saturated rings. The average molecular weight is 427 g/mol. The van der Waals surface area contributed by atoms with Crippen LogP contribution in [0.15, 0.2) is 29.4 Å². The molecule has 158 valence electrons. The van der Waals surface area contributed by atoms with Crippen LogP contribution >= 0.6 is 11.3 Å². The lowest BCUT2D eigenvalue weighted by molar-refractivity contribution is 0.102. The Balaban J connectivity index is 1.91. The maximum Gasteiger partial charge on any atom is 0.255 e. The zero-order chi connectivity index (χ0) is 21.8. The first-order valence-electron chi connectivity index (χ1n) is 9.61. The number of anilines is 2. The monoisotopic (exact) mass is 426 g/mol. The van der Waals surface area contributed by atoms with Crippen molar-refractivity contribution in [2.45, 2.75) is 34.1 Å². The van der Waals surface area contributed by atoms with Gasteiger partial charge in [-0.2, -0.15) is 5.10 Å². The zero-order valence-electron chi connectivity index (χ0n) is 18.0. The van der Waals surface area contributed by atoms with Gasteiger partial charge in [0.1, 0.15) is 0 Å². The molecule has 0 spiro atoms. The SMILES string of the molecule is CC/C(C)=N\Nc1nc2cc(C)c(NC(=O)c3ccc(OC)c(OC)c3)c(C)c2s1. The Morgan fingerprint density at radius 1 is 1.17 bits per heavy atom. The number of aromatic nitrogens is 1. The number of hydrazone groups is 1. The van der Waals surface area contributed by atoms with E-state index in [1.165, 1.54) is 11.3 Å². The number of benzene rings is 2. The third kappa shape index (κ3) is 4.38. The van der Waals surface area contributed by atoms with Crippen molar-refractivity contribution in [3.8, 4) is 11.5 Å². The standard InChI is InChI=1S/C22H26N4O3S/c1-7-13(3)25-26-22-23-16-10-12(2)19(14(4)20(16)30-22)24-21(27)15-8-9-17(28-5)18(11-15)29-6/h8-11H,7H2,1-6H3,(H,23,26)(H,24,27)/b25-13-. The lowest BCUT2D eigenvalue weighted by atomic mass is 10.1. The van der Waals surface area contributed by atoms with Gasteiger partial charge in [0.2, 0.25) is 5.13 Å². The summed E-state index contributed by atoms with van der Waals surface area (Å²) < 4.78 is 11.6. The number of carbonyl (C=O) groups excluding carboxylic acids is 1. The molecule has 0 unspecified atom stereocenters. The number of aryl methyl sites for hydroxylation is 2. The number of hydrogen-bond acceptors (Lipinski definition) is 7. The summed E-state index contributed by atoms with van der Waals surface area (Å²) in [6, 6.07) is 7.07. The van der Waals surface area contributed by atoms with E-state index in [1.54, 1.807) is 32.4 Å². The highest BCUT2D eigenvalue weighted by molar-refractivity contribution is 7.22. The quantitative estimate of drug-likeness (QED) is 0.391. The van der Waals surface area contributed by atoms with Crippen molar-refractivity contribution in [3.05, 3.63) is 41.0 Å². The minimum absolute atomic E-state index is 0.215. The van der Waals surface area contributed by atoms with Crippen LogP contribution in [-0.4, -0.2) is 30.8 Å². The molecule has 2 aromatic carbocycles. The first-order valence-corrected chi connectivity index (χ1v) is 10.4. The summed E-state index contributed by atoms with van der Waals surface area (Å²) in [5, 5.41) is 8.09. The summed E-state index contributed by atoms with van der Waals surface area (Å²) in [5.41, 5.74) is 8.10. The molecule has 0 saturated heterocycles. The number of nitrogens with zero attached hydrogens (tertiary/aromatic N) is 2. The van der Waals surface area contributed by atoms with Crippen LogP contribution in [0.25, 0.3) is 10.2 Å². The maximum absolute atomic E-state index is 12.9. The van der Waals surface area contributed by atoms with Crippen molar-refractivity contribution in [2.75, 3.05) is 25.0 Å². The second kappa shape index (κ2) is 9.13. The van der Waals surface area contributed by atoms with E-state index >= 15 is 0 Å². The van der Waals surface area contributed by atoms with Crippen LogP contribution in [0.2, 0.25) is 0 Å². The predicted molar refractivity (Wildman–Crippen MR) is 124 cm³/mol. The van der Waals surface area contributed by atoms with Gasteiger partial charge in [-0.1, -0.05) is 18.3 Å². The number of thiazole rings is 1. The fourth-order valence-electron chi connectivity index (χ4n) is 3.01. The Hall–Kier alpha value is -3.13. The fraction of sp³-hybridized carbons (Fsp3) is 0.318. The van der Waals surface area contributed by atoms with Crippen molar-refractivity contribution in [1.82, 2.24) is 4.98 Å². The molecular weight excluding hydrogens is 400 g/mol. The fourth-order valence-corrected chi connectivity index (χ4v) is 3.90. The Bertz CT molecular complexity index is 1120. The molecule has 0 bridgehead atoms. The lowest BCUT2D eigenvalue weighted by Crippen LogP contribution is -2.14. The maximum atomic E-state index is 12.9. The van der Waals surface area contributed by atoms with Gasteiger partial charge in [0, 0.05) is 17.0 Å². The van der Waals surface area contributed by atoms with Crippen molar-refractivity contribution in [1.29, 1.82) is 0 Å². The number of carbonyl (C=O) groups is 1. The Labute approximate surface area is 180 Å². The molecule has 7 nitrogen and oxygen atoms in total. The average Bonchev–Trinajstić information content (AvgIpc) is 3.17. The molecule has 1 amide bonds. The molecule has 2 N–H and O–H groups in total. The molecule has 3 rings (SSSR count). The Kier molecular flexibility index (Phi) is 6.56. The summed E-state index contributed by atoms with van der Waals surface area (Å²) in [6.45, 7) is 7.97. The zero-order valence-corrected chi connectivity index (χ0v) is 18.9. The topological polar surface area (TPSA) is 84.8 Å². The van der Waals surface area contributed by atoms with Crippen LogP contribution in [0.1, 0.15) is 41.8 Å². The predicted octanol–water partition coefficient (Wildman–Crippen LogP) is 5.38. The largest absolute Gasteiger partial charge is 0.493 e. The molecule has 0 aliphatic heterocycles. The Morgan fingerprint density at radius 3 is 2.57 bits per heavy atom. The second-order valence-corrected chi connectivity index (χ2v) is 7.90. The highest BCUT2D eigenvalue weighted by Crippen LogP contribution is 2.35. The lowest BCUT2D eigenvalue weighted by Gasteiger charge is -2.13. The number of amides is 1. The van der Waals surface area contributed by atoms with Crippen molar-refractivity contribution in [2.24, 2.45) is 5.10 Å². The third-order valence-electron chi connectivity index (χ3n) is 4.85. The van der Waals surface area contributed by atoms with E-state index in [1.807, 2.05) is 26.8 Å². The van der Waals surface area contributed by atoms with Crippen molar-refractivity contribution < 1.29 is 14.3 Å². The highest BCUT2D eigenvalue weighted by atomic mass is 32.1. The summed E-state index contributed by atoms with van der Waals surface area (Å²) in [4.78, 5) is 17.5. The molecule has 3 aromatic rings. The first-order chi connectivity index (χ1) is 14.4. The van der Waals surface area contributed by atoms with E-state index in [0.29, 0.717) is 17.1 Å². The molecular formula is C22H26N4O3S. The van der Waals surface area contributed by atoms with Gasteiger partial charge in [-0.05, 0) is 62.6 Å². The first kappa shape index (κ1) is 21.6. The number of ether oxygens (including phenoxy) is 2. The number of fused-ring (bicyclic) bond motifs is 1. The van der Waals surface area contributed by atoms with E-state index < -0.39 is 0 Å². The summed E-state index contributed by atoms with van der Waals surface area (Å²) in [5.74, 6) is 0.871. The number of nitrogens with one attached hydrogen (secondary N) is 2. The third-order valence-corrected chi connectivity index (χ3v) is 5.95. The van der Waals surface area contributed by atoms with Gasteiger partial charge in [-0.25, -0.2) is 4.98 Å². The van der Waals surface area contributed by atoms with Crippen LogP contribution in [0.3, 0.4) is 0 Å². The number of rotatable bonds is 7. The van der Waals surface area contributed by atoms with E-state index in [2.05, 4.69) is 27.8 Å². The molecule has 1 heterocycles. The summed E-state index contributed by atoms with van der Waals surface area (Å²) in [7, 11) is 3.11. The molecule has 0 atom stereocenters. The molecule has 30 heavy (non-hydrogen) atoms. The van der Waals surface area contributed by atoms with Crippen LogP contribution in [-0.2, 0) is 0 Å². The van der Waals surface area contributed by atoms with Crippen LogP contribution < -0.4 is 20.2 Å². The number of methoxy groups -OCH3 is 2.